The first-order valence-electron chi connectivity index (χ1n) is 7.69. The van der Waals surface area contributed by atoms with Gasteiger partial charge in [0.1, 0.15) is 0 Å². The number of hydrogen-bond donors (Lipinski definition) is 1. The molecule has 1 amide bonds. The van der Waals surface area contributed by atoms with Gasteiger partial charge in [-0.1, -0.05) is 47.6 Å². The second-order valence-corrected chi connectivity index (χ2v) is 5.67. The fourth-order valence-corrected chi connectivity index (χ4v) is 2.79. The SMILES string of the molecule is Cc1noc2ncc(C(=O)NCc3cccc4ccccc34)cc12. The highest BCUT2D eigenvalue weighted by Gasteiger charge is 2.11. The Morgan fingerprint density at radius 2 is 1.96 bits per heavy atom. The first kappa shape index (κ1) is 14.4. The number of hydrogen-bond acceptors (Lipinski definition) is 4. The lowest BCUT2D eigenvalue weighted by Gasteiger charge is -2.08. The predicted molar refractivity (Wildman–Crippen MR) is 91.7 cm³/mol. The minimum Gasteiger partial charge on any atom is -0.348 e. The zero-order chi connectivity index (χ0) is 16.5. The van der Waals surface area contributed by atoms with Crippen molar-refractivity contribution in [3.05, 3.63) is 71.5 Å². The number of fused-ring (bicyclic) bond motifs is 2. The standard InChI is InChI=1S/C19H15N3O2/c1-12-17-9-15(11-21-19(17)24-22-12)18(23)20-10-14-7-4-6-13-5-2-3-8-16(13)14/h2-9,11H,10H2,1H3,(H,20,23). The van der Waals surface area contributed by atoms with Crippen molar-refractivity contribution >= 4 is 27.8 Å². The lowest BCUT2D eigenvalue weighted by Crippen LogP contribution is -2.23. The maximum absolute atomic E-state index is 12.4. The van der Waals surface area contributed by atoms with Gasteiger partial charge in [-0.2, -0.15) is 0 Å². The van der Waals surface area contributed by atoms with Gasteiger partial charge >= 0.3 is 0 Å². The van der Waals surface area contributed by atoms with Crippen LogP contribution in [-0.2, 0) is 6.54 Å². The molecule has 2 aromatic carbocycles. The van der Waals surface area contributed by atoms with E-state index in [9.17, 15) is 4.79 Å². The van der Waals surface area contributed by atoms with Crippen LogP contribution in [0.1, 0.15) is 21.6 Å². The molecule has 24 heavy (non-hydrogen) atoms. The van der Waals surface area contributed by atoms with Crippen molar-refractivity contribution in [3.8, 4) is 0 Å². The summed E-state index contributed by atoms with van der Waals surface area (Å²) >= 11 is 0. The van der Waals surface area contributed by atoms with Gasteiger partial charge in [-0.25, -0.2) is 4.98 Å². The van der Waals surface area contributed by atoms with E-state index in [0.717, 1.165) is 27.4 Å². The number of carbonyl (C=O) groups is 1. The van der Waals surface area contributed by atoms with Gasteiger partial charge in [-0.3, -0.25) is 4.79 Å². The Morgan fingerprint density at radius 1 is 1.12 bits per heavy atom. The highest BCUT2D eigenvalue weighted by atomic mass is 16.5. The lowest BCUT2D eigenvalue weighted by atomic mass is 10.0. The van der Waals surface area contributed by atoms with Crippen LogP contribution in [0.25, 0.3) is 21.9 Å². The maximum Gasteiger partial charge on any atom is 0.257 e. The average Bonchev–Trinajstić information content (AvgIpc) is 3.00. The number of carbonyl (C=O) groups excluding carboxylic acids is 1. The monoisotopic (exact) mass is 317 g/mol. The van der Waals surface area contributed by atoms with Crippen LogP contribution in [0.4, 0.5) is 0 Å². The molecule has 0 saturated heterocycles. The topological polar surface area (TPSA) is 68.0 Å². The molecule has 4 rings (SSSR count). The molecular weight excluding hydrogens is 302 g/mol. The summed E-state index contributed by atoms with van der Waals surface area (Å²) in [6.45, 7) is 2.28. The first-order valence-corrected chi connectivity index (χ1v) is 7.69. The number of aromatic nitrogens is 2. The van der Waals surface area contributed by atoms with Crippen LogP contribution in [0.5, 0.6) is 0 Å². The van der Waals surface area contributed by atoms with Gasteiger partial charge in [-0.05, 0) is 29.3 Å². The fraction of sp³-hybridized carbons (Fsp3) is 0.105. The fourth-order valence-electron chi connectivity index (χ4n) is 2.79. The number of benzene rings is 2. The molecule has 0 atom stereocenters. The Kier molecular flexibility index (Phi) is 3.46. The van der Waals surface area contributed by atoms with Crippen molar-refractivity contribution in [2.75, 3.05) is 0 Å². The number of pyridine rings is 1. The van der Waals surface area contributed by atoms with Crippen LogP contribution >= 0.6 is 0 Å². The Hall–Kier alpha value is -3.21. The van der Waals surface area contributed by atoms with E-state index in [0.29, 0.717) is 17.8 Å². The van der Waals surface area contributed by atoms with E-state index in [1.807, 2.05) is 31.2 Å². The van der Waals surface area contributed by atoms with E-state index < -0.39 is 0 Å². The van der Waals surface area contributed by atoms with Gasteiger partial charge in [0, 0.05) is 12.7 Å². The summed E-state index contributed by atoms with van der Waals surface area (Å²) in [7, 11) is 0. The molecule has 0 aliphatic carbocycles. The molecule has 0 aliphatic heterocycles. The van der Waals surface area contributed by atoms with Crippen molar-refractivity contribution in [1.29, 1.82) is 0 Å². The maximum atomic E-state index is 12.4. The van der Waals surface area contributed by atoms with Crippen LogP contribution in [0.3, 0.4) is 0 Å². The summed E-state index contributed by atoms with van der Waals surface area (Å²) in [6.07, 6.45) is 1.51. The second kappa shape index (κ2) is 5.77. The summed E-state index contributed by atoms with van der Waals surface area (Å²) in [5, 5.41) is 9.87. The van der Waals surface area contributed by atoms with E-state index >= 15 is 0 Å². The van der Waals surface area contributed by atoms with E-state index in [4.69, 9.17) is 4.52 Å². The van der Waals surface area contributed by atoms with E-state index in [-0.39, 0.29) is 5.91 Å². The highest BCUT2D eigenvalue weighted by Crippen LogP contribution is 2.19. The van der Waals surface area contributed by atoms with Gasteiger partial charge in [0.25, 0.3) is 11.6 Å². The Morgan fingerprint density at radius 3 is 2.88 bits per heavy atom. The molecule has 4 aromatic rings. The lowest BCUT2D eigenvalue weighted by molar-refractivity contribution is 0.0951. The van der Waals surface area contributed by atoms with Crippen molar-refractivity contribution in [2.24, 2.45) is 0 Å². The van der Waals surface area contributed by atoms with Crippen molar-refractivity contribution in [2.45, 2.75) is 13.5 Å². The summed E-state index contributed by atoms with van der Waals surface area (Å²) in [6, 6.07) is 16.0. The number of nitrogens with zero attached hydrogens (tertiary/aromatic N) is 2. The molecule has 2 aromatic heterocycles. The third-order valence-corrected chi connectivity index (χ3v) is 4.09. The molecule has 0 radical (unpaired) electrons. The Labute approximate surface area is 138 Å². The van der Waals surface area contributed by atoms with Gasteiger partial charge in [0.2, 0.25) is 0 Å². The third-order valence-electron chi connectivity index (χ3n) is 4.09. The van der Waals surface area contributed by atoms with Gasteiger partial charge in [0.15, 0.2) is 0 Å². The minimum atomic E-state index is -0.169. The second-order valence-electron chi connectivity index (χ2n) is 5.67. The molecule has 5 nitrogen and oxygen atoms in total. The van der Waals surface area contributed by atoms with Crippen molar-refractivity contribution < 1.29 is 9.32 Å². The third kappa shape index (κ3) is 2.50. The number of rotatable bonds is 3. The summed E-state index contributed by atoms with van der Waals surface area (Å²) in [4.78, 5) is 16.6. The van der Waals surface area contributed by atoms with Gasteiger partial charge in [0.05, 0.1) is 16.6 Å². The highest BCUT2D eigenvalue weighted by molar-refractivity contribution is 5.97. The summed E-state index contributed by atoms with van der Waals surface area (Å²) < 4.78 is 5.07. The van der Waals surface area contributed by atoms with E-state index in [2.05, 4.69) is 33.7 Å². The van der Waals surface area contributed by atoms with Crippen LogP contribution < -0.4 is 5.32 Å². The average molecular weight is 317 g/mol. The zero-order valence-corrected chi connectivity index (χ0v) is 13.1. The Balaban J connectivity index is 1.58. The molecule has 118 valence electrons. The quantitative estimate of drug-likeness (QED) is 0.626. The first-order chi connectivity index (χ1) is 11.7. The van der Waals surface area contributed by atoms with Crippen LogP contribution in [0.15, 0.2) is 59.3 Å². The van der Waals surface area contributed by atoms with E-state index in [1.54, 1.807) is 6.07 Å². The van der Waals surface area contributed by atoms with Crippen molar-refractivity contribution in [1.82, 2.24) is 15.5 Å². The largest absolute Gasteiger partial charge is 0.348 e. The Bertz CT molecular complexity index is 1050. The smallest absolute Gasteiger partial charge is 0.257 e. The predicted octanol–water partition coefficient (Wildman–Crippen LogP) is 3.61. The van der Waals surface area contributed by atoms with Gasteiger partial charge < -0.3 is 9.84 Å². The molecule has 0 spiro atoms. The van der Waals surface area contributed by atoms with E-state index in [1.165, 1.54) is 6.20 Å². The summed E-state index contributed by atoms with van der Waals surface area (Å²) in [5.41, 5.74) is 2.74. The number of amides is 1. The molecular formula is C19H15N3O2. The summed E-state index contributed by atoms with van der Waals surface area (Å²) in [5.74, 6) is -0.169. The molecule has 5 heteroatoms. The molecule has 1 N–H and O–H groups in total. The molecule has 0 unspecified atom stereocenters. The molecule has 2 heterocycles. The molecule has 0 saturated carbocycles. The molecule has 0 fully saturated rings. The molecule has 0 aliphatic rings. The van der Waals surface area contributed by atoms with Crippen LogP contribution in [-0.4, -0.2) is 16.0 Å². The van der Waals surface area contributed by atoms with Crippen LogP contribution in [0, 0.1) is 6.92 Å². The van der Waals surface area contributed by atoms with Crippen molar-refractivity contribution in [3.63, 3.8) is 0 Å². The number of aryl methyl sites for hydroxylation is 1. The molecule has 0 bridgehead atoms. The van der Waals surface area contributed by atoms with Crippen LogP contribution in [0.2, 0.25) is 0 Å². The van der Waals surface area contributed by atoms with Gasteiger partial charge in [-0.15, -0.1) is 0 Å². The minimum absolute atomic E-state index is 0.169. The normalized spacial score (nSPS) is 11.0. The zero-order valence-electron chi connectivity index (χ0n) is 13.1. The number of nitrogens with one attached hydrogen (secondary N) is 1.